The van der Waals surface area contributed by atoms with Crippen LogP contribution < -0.4 is 5.73 Å². The molecule has 1 aromatic rings. The first kappa shape index (κ1) is 10.9. The number of thiocyanates is 1. The highest BCUT2D eigenvalue weighted by molar-refractivity contribution is 8.03. The minimum Gasteiger partial charge on any atom is -0.399 e. The molecule has 2 N–H and O–H groups in total. The maximum Gasteiger partial charge on any atom is 0.138 e. The molecular weight excluding hydrogens is 196 g/mol. The fourth-order valence-corrected chi connectivity index (χ4v) is 1.79. The van der Waals surface area contributed by atoms with Crippen LogP contribution in [-0.2, 0) is 11.3 Å². The number of hydrogen-bond acceptors (Lipinski definition) is 4. The van der Waals surface area contributed by atoms with Crippen LogP contribution in [0, 0.1) is 17.6 Å². The lowest BCUT2D eigenvalue weighted by Crippen LogP contribution is -1.99. The summed E-state index contributed by atoms with van der Waals surface area (Å²) in [4.78, 5) is 0.918. The Bertz CT molecular complexity index is 371. The monoisotopic (exact) mass is 208 g/mol. The van der Waals surface area contributed by atoms with Crippen molar-refractivity contribution >= 4 is 17.4 Å². The quantitative estimate of drug-likeness (QED) is 0.470. The molecule has 0 aromatic heterocycles. The molecule has 0 atom stereocenters. The topological polar surface area (TPSA) is 59.0 Å². The van der Waals surface area contributed by atoms with Crippen LogP contribution in [0.2, 0.25) is 0 Å². The summed E-state index contributed by atoms with van der Waals surface area (Å²) in [6.07, 6.45) is 0. The molecule has 0 spiro atoms. The van der Waals surface area contributed by atoms with E-state index in [0.717, 1.165) is 33.5 Å². The fourth-order valence-electron chi connectivity index (χ4n) is 1.22. The minimum atomic E-state index is 0.487. The number of benzene rings is 1. The summed E-state index contributed by atoms with van der Waals surface area (Å²) in [7, 11) is 1.63. The summed E-state index contributed by atoms with van der Waals surface area (Å²) in [6.45, 7) is 2.42. The van der Waals surface area contributed by atoms with Crippen LogP contribution in [0.15, 0.2) is 17.0 Å². The summed E-state index contributed by atoms with van der Waals surface area (Å²) in [5.41, 5.74) is 8.50. The highest BCUT2D eigenvalue weighted by Gasteiger charge is 2.08. The highest BCUT2D eigenvalue weighted by atomic mass is 32.2. The van der Waals surface area contributed by atoms with Gasteiger partial charge in [0.15, 0.2) is 0 Å². The maximum absolute atomic E-state index is 8.61. The van der Waals surface area contributed by atoms with Crippen molar-refractivity contribution in [2.75, 3.05) is 12.8 Å². The molecule has 14 heavy (non-hydrogen) atoms. The zero-order valence-electron chi connectivity index (χ0n) is 8.20. The first-order valence-corrected chi connectivity index (χ1v) is 4.95. The molecule has 0 amide bonds. The number of nitriles is 1. The Morgan fingerprint density at radius 2 is 2.29 bits per heavy atom. The van der Waals surface area contributed by atoms with Crippen molar-refractivity contribution < 1.29 is 4.74 Å². The average Bonchev–Trinajstić information content (AvgIpc) is 2.18. The number of ether oxygens (including phenoxy) is 1. The van der Waals surface area contributed by atoms with Crippen LogP contribution in [0.5, 0.6) is 0 Å². The molecular formula is C10H12N2OS. The fraction of sp³-hybridized carbons (Fsp3) is 0.300. The van der Waals surface area contributed by atoms with E-state index < -0.39 is 0 Å². The van der Waals surface area contributed by atoms with Gasteiger partial charge in [0.05, 0.1) is 6.61 Å². The van der Waals surface area contributed by atoms with Crippen molar-refractivity contribution in [2.45, 2.75) is 18.4 Å². The molecule has 0 aliphatic carbocycles. The van der Waals surface area contributed by atoms with E-state index in [-0.39, 0.29) is 0 Å². The maximum atomic E-state index is 8.61. The predicted octanol–water partition coefficient (Wildman–Crippen LogP) is 2.30. The van der Waals surface area contributed by atoms with Crippen LogP contribution in [-0.4, -0.2) is 7.11 Å². The zero-order valence-corrected chi connectivity index (χ0v) is 9.02. The van der Waals surface area contributed by atoms with Crippen molar-refractivity contribution in [1.29, 1.82) is 5.26 Å². The molecule has 0 bridgehead atoms. The lowest BCUT2D eigenvalue weighted by atomic mass is 10.1. The number of rotatable bonds is 3. The third kappa shape index (κ3) is 2.19. The van der Waals surface area contributed by atoms with Crippen molar-refractivity contribution in [3.8, 4) is 5.40 Å². The van der Waals surface area contributed by atoms with Gasteiger partial charge < -0.3 is 10.5 Å². The van der Waals surface area contributed by atoms with Gasteiger partial charge in [0.1, 0.15) is 5.40 Å². The van der Waals surface area contributed by atoms with Crippen LogP contribution in [0.4, 0.5) is 5.69 Å². The third-order valence-electron chi connectivity index (χ3n) is 2.04. The summed E-state index contributed by atoms with van der Waals surface area (Å²) in [5, 5.41) is 10.7. The number of methoxy groups -OCH3 is 1. The molecule has 0 radical (unpaired) electrons. The van der Waals surface area contributed by atoms with Gasteiger partial charge in [0.2, 0.25) is 0 Å². The zero-order chi connectivity index (χ0) is 10.6. The molecule has 74 valence electrons. The Balaban J connectivity index is 3.17. The van der Waals surface area contributed by atoms with Gasteiger partial charge in [-0.15, -0.1) is 0 Å². The molecule has 0 aliphatic heterocycles. The van der Waals surface area contributed by atoms with E-state index in [1.54, 1.807) is 7.11 Å². The Hall–Kier alpha value is -1.18. The Kier molecular flexibility index (Phi) is 3.81. The Morgan fingerprint density at radius 3 is 2.86 bits per heavy atom. The Morgan fingerprint density at radius 1 is 1.57 bits per heavy atom. The first-order chi connectivity index (χ1) is 6.70. The normalized spacial score (nSPS) is 9.79. The molecule has 1 aromatic carbocycles. The smallest absolute Gasteiger partial charge is 0.138 e. The standard InChI is InChI=1S/C10H12N2OS/c1-7-8(5-13-2)10(14-6-11)4-3-9(7)12/h3-4H,5,12H2,1-2H3. The molecule has 0 saturated carbocycles. The van der Waals surface area contributed by atoms with E-state index >= 15 is 0 Å². The number of nitrogen functional groups attached to an aromatic ring is 1. The number of hydrogen-bond donors (Lipinski definition) is 1. The van der Waals surface area contributed by atoms with E-state index in [1.165, 1.54) is 0 Å². The SMILES string of the molecule is COCc1c(SC#N)ccc(N)c1C. The van der Waals surface area contributed by atoms with Gasteiger partial charge in [0.25, 0.3) is 0 Å². The molecule has 0 fully saturated rings. The number of thioether (sulfide) groups is 1. The van der Waals surface area contributed by atoms with Gasteiger partial charge in [-0.3, -0.25) is 0 Å². The molecule has 0 heterocycles. The largest absolute Gasteiger partial charge is 0.399 e. The highest BCUT2D eigenvalue weighted by Crippen LogP contribution is 2.28. The van der Waals surface area contributed by atoms with Crippen molar-refractivity contribution in [3.63, 3.8) is 0 Å². The molecule has 0 aliphatic rings. The van der Waals surface area contributed by atoms with Gasteiger partial charge in [-0.1, -0.05) is 0 Å². The van der Waals surface area contributed by atoms with Crippen molar-refractivity contribution in [3.05, 3.63) is 23.3 Å². The molecule has 0 saturated heterocycles. The average molecular weight is 208 g/mol. The van der Waals surface area contributed by atoms with Gasteiger partial charge in [-0.2, -0.15) is 5.26 Å². The van der Waals surface area contributed by atoms with Crippen LogP contribution >= 0.6 is 11.8 Å². The van der Waals surface area contributed by atoms with Crippen LogP contribution in [0.25, 0.3) is 0 Å². The van der Waals surface area contributed by atoms with Gasteiger partial charge >= 0.3 is 0 Å². The van der Waals surface area contributed by atoms with Crippen molar-refractivity contribution in [2.24, 2.45) is 0 Å². The van der Waals surface area contributed by atoms with E-state index in [4.69, 9.17) is 15.7 Å². The first-order valence-electron chi connectivity index (χ1n) is 4.13. The van der Waals surface area contributed by atoms with E-state index in [1.807, 2.05) is 24.5 Å². The number of nitrogens with two attached hydrogens (primary N) is 1. The van der Waals surface area contributed by atoms with E-state index in [9.17, 15) is 0 Å². The predicted molar refractivity (Wildman–Crippen MR) is 57.8 cm³/mol. The van der Waals surface area contributed by atoms with Crippen LogP contribution in [0.3, 0.4) is 0 Å². The lowest BCUT2D eigenvalue weighted by molar-refractivity contribution is 0.182. The van der Waals surface area contributed by atoms with E-state index in [0.29, 0.717) is 6.61 Å². The summed E-state index contributed by atoms with van der Waals surface area (Å²) in [5.74, 6) is 0. The third-order valence-corrected chi connectivity index (χ3v) is 2.74. The second kappa shape index (κ2) is 4.89. The molecule has 3 nitrogen and oxygen atoms in total. The second-order valence-electron chi connectivity index (χ2n) is 2.88. The van der Waals surface area contributed by atoms with Gasteiger partial charge in [0, 0.05) is 17.7 Å². The Labute approximate surface area is 87.9 Å². The number of nitrogens with zero attached hydrogens (tertiary/aromatic N) is 1. The summed E-state index contributed by atoms with van der Waals surface area (Å²) < 4.78 is 5.07. The van der Waals surface area contributed by atoms with Crippen LogP contribution in [0.1, 0.15) is 11.1 Å². The van der Waals surface area contributed by atoms with Gasteiger partial charge in [-0.25, -0.2) is 0 Å². The summed E-state index contributed by atoms with van der Waals surface area (Å²) >= 11 is 1.13. The molecule has 1 rings (SSSR count). The van der Waals surface area contributed by atoms with E-state index in [2.05, 4.69) is 0 Å². The molecule has 4 heteroatoms. The van der Waals surface area contributed by atoms with Crippen molar-refractivity contribution in [1.82, 2.24) is 0 Å². The molecule has 0 unspecified atom stereocenters. The lowest BCUT2D eigenvalue weighted by Gasteiger charge is -2.10. The minimum absolute atomic E-state index is 0.487. The van der Waals surface area contributed by atoms with Gasteiger partial charge in [-0.05, 0) is 41.9 Å². The summed E-state index contributed by atoms with van der Waals surface area (Å²) in [6, 6.07) is 3.67. The number of anilines is 1. The second-order valence-corrected chi connectivity index (χ2v) is 3.71.